The van der Waals surface area contributed by atoms with Crippen molar-refractivity contribution in [3.8, 4) is 0 Å². The van der Waals surface area contributed by atoms with Gasteiger partial charge in [-0.1, -0.05) is 30.3 Å². The smallest absolute Gasteiger partial charge is 0.380 e. The summed E-state index contributed by atoms with van der Waals surface area (Å²) in [5.41, 5.74) is 1.88. The van der Waals surface area contributed by atoms with Crippen LogP contribution in [0, 0.1) is 0 Å². The van der Waals surface area contributed by atoms with Gasteiger partial charge in [0.15, 0.2) is 0 Å². The summed E-state index contributed by atoms with van der Waals surface area (Å²) in [6, 6.07) is 14.8. The average Bonchev–Trinajstić information content (AvgIpc) is 2.52. The number of anilines is 1. The van der Waals surface area contributed by atoms with Gasteiger partial charge in [0.1, 0.15) is 0 Å². The zero-order chi connectivity index (χ0) is 15.6. The Labute approximate surface area is 125 Å². The van der Waals surface area contributed by atoms with Crippen LogP contribution in [0.2, 0.25) is 0 Å². The van der Waals surface area contributed by atoms with Crippen LogP contribution >= 0.6 is 0 Å². The molecule has 0 spiro atoms. The highest BCUT2D eigenvalue weighted by Gasteiger charge is 2.29. The summed E-state index contributed by atoms with van der Waals surface area (Å²) in [6.07, 6.45) is -2.58. The van der Waals surface area contributed by atoms with Crippen LogP contribution in [0.25, 0.3) is 10.9 Å². The molecule has 2 nitrogen and oxygen atoms in total. The minimum absolute atomic E-state index is 0.443. The molecule has 0 aliphatic rings. The van der Waals surface area contributed by atoms with Gasteiger partial charge >= 0.3 is 6.18 Å². The van der Waals surface area contributed by atoms with Gasteiger partial charge in [-0.3, -0.25) is 4.98 Å². The molecule has 0 aliphatic heterocycles. The second kappa shape index (κ2) is 5.67. The maximum atomic E-state index is 12.5. The number of nitrogens with one attached hydrogen (secondary N) is 1. The van der Waals surface area contributed by atoms with Gasteiger partial charge in [0.25, 0.3) is 0 Å². The highest BCUT2D eigenvalue weighted by molar-refractivity contribution is 5.81. The van der Waals surface area contributed by atoms with E-state index in [1.165, 1.54) is 12.1 Å². The number of pyridine rings is 1. The van der Waals surface area contributed by atoms with Crippen LogP contribution in [0.4, 0.5) is 18.9 Å². The van der Waals surface area contributed by atoms with Crippen LogP contribution in [-0.4, -0.2) is 4.98 Å². The molecule has 0 aliphatic carbocycles. The Bertz CT molecular complexity index is 780. The van der Waals surface area contributed by atoms with Crippen molar-refractivity contribution in [3.05, 3.63) is 71.9 Å². The van der Waals surface area contributed by atoms with Crippen LogP contribution in [0.5, 0.6) is 0 Å². The van der Waals surface area contributed by atoms with E-state index >= 15 is 0 Å². The molecule has 5 heteroatoms. The summed E-state index contributed by atoms with van der Waals surface area (Å²) in [4.78, 5) is 4.33. The van der Waals surface area contributed by atoms with Gasteiger partial charge in [0, 0.05) is 11.9 Å². The minimum Gasteiger partial charge on any atom is -0.380 e. The fraction of sp³-hybridized carbons (Fsp3) is 0.118. The zero-order valence-electron chi connectivity index (χ0n) is 11.6. The first-order chi connectivity index (χ1) is 10.5. The Hall–Kier alpha value is -2.56. The SMILES string of the molecule is FC(F)(F)c1ccc(CNc2cnc3ccccc3c2)cc1. The summed E-state index contributed by atoms with van der Waals surface area (Å²) in [7, 11) is 0. The van der Waals surface area contributed by atoms with E-state index < -0.39 is 11.7 Å². The molecule has 0 unspecified atom stereocenters. The number of hydrogen-bond donors (Lipinski definition) is 1. The van der Waals surface area contributed by atoms with Gasteiger partial charge < -0.3 is 5.32 Å². The molecule has 0 saturated carbocycles. The van der Waals surface area contributed by atoms with E-state index in [-0.39, 0.29) is 0 Å². The first-order valence-electron chi connectivity index (χ1n) is 6.77. The summed E-state index contributed by atoms with van der Waals surface area (Å²) < 4.78 is 37.5. The molecule has 1 aromatic heterocycles. The molecule has 0 saturated heterocycles. The van der Waals surface area contributed by atoms with Gasteiger partial charge in [0.2, 0.25) is 0 Å². The lowest BCUT2D eigenvalue weighted by Gasteiger charge is -2.09. The van der Waals surface area contributed by atoms with E-state index in [4.69, 9.17) is 0 Å². The monoisotopic (exact) mass is 302 g/mol. The van der Waals surface area contributed by atoms with Crippen LogP contribution in [0.3, 0.4) is 0 Å². The number of fused-ring (bicyclic) bond motifs is 1. The number of para-hydroxylation sites is 1. The van der Waals surface area contributed by atoms with E-state index in [0.29, 0.717) is 6.54 Å². The molecule has 22 heavy (non-hydrogen) atoms. The number of alkyl halides is 3. The summed E-state index contributed by atoms with van der Waals surface area (Å²) in [5.74, 6) is 0. The Kier molecular flexibility index (Phi) is 3.71. The third-order valence-electron chi connectivity index (χ3n) is 3.37. The molecule has 0 fully saturated rings. The normalized spacial score (nSPS) is 11.6. The summed E-state index contributed by atoms with van der Waals surface area (Å²) in [5, 5.41) is 4.18. The topological polar surface area (TPSA) is 24.9 Å². The van der Waals surface area contributed by atoms with Crippen LogP contribution in [-0.2, 0) is 12.7 Å². The molecular formula is C17H13F3N2. The molecule has 3 rings (SSSR count). The van der Waals surface area contributed by atoms with Gasteiger partial charge in [-0.05, 0) is 29.8 Å². The standard InChI is InChI=1S/C17H13F3N2/c18-17(19,20)14-7-5-12(6-8-14)10-21-15-9-13-3-1-2-4-16(13)22-11-15/h1-9,11,21H,10H2. The number of benzene rings is 2. The predicted molar refractivity (Wildman–Crippen MR) is 80.5 cm³/mol. The van der Waals surface area contributed by atoms with E-state index in [2.05, 4.69) is 10.3 Å². The Morgan fingerprint density at radius 1 is 0.955 bits per heavy atom. The van der Waals surface area contributed by atoms with Gasteiger partial charge in [-0.2, -0.15) is 13.2 Å². The van der Waals surface area contributed by atoms with Crippen molar-refractivity contribution >= 4 is 16.6 Å². The third kappa shape index (κ3) is 3.19. The lowest BCUT2D eigenvalue weighted by molar-refractivity contribution is -0.137. The molecule has 0 amide bonds. The lowest BCUT2D eigenvalue weighted by Crippen LogP contribution is -2.05. The fourth-order valence-corrected chi connectivity index (χ4v) is 2.18. The molecule has 2 aromatic carbocycles. The predicted octanol–water partition coefficient (Wildman–Crippen LogP) is 4.87. The van der Waals surface area contributed by atoms with Crippen LogP contribution in [0.15, 0.2) is 60.8 Å². The van der Waals surface area contributed by atoms with E-state index in [1.807, 2.05) is 30.3 Å². The quantitative estimate of drug-likeness (QED) is 0.747. The van der Waals surface area contributed by atoms with Crippen molar-refractivity contribution in [2.24, 2.45) is 0 Å². The summed E-state index contributed by atoms with van der Waals surface area (Å²) in [6.45, 7) is 0.443. The minimum atomic E-state index is -4.30. The molecule has 0 radical (unpaired) electrons. The van der Waals surface area contributed by atoms with Crippen LogP contribution in [0.1, 0.15) is 11.1 Å². The van der Waals surface area contributed by atoms with Gasteiger partial charge in [-0.15, -0.1) is 0 Å². The molecular weight excluding hydrogens is 289 g/mol. The van der Waals surface area contributed by atoms with Gasteiger partial charge in [0.05, 0.1) is 23.0 Å². The first kappa shape index (κ1) is 14.4. The molecule has 0 atom stereocenters. The van der Waals surface area contributed by atoms with Crippen molar-refractivity contribution in [1.29, 1.82) is 0 Å². The van der Waals surface area contributed by atoms with Crippen molar-refractivity contribution in [2.75, 3.05) is 5.32 Å². The van der Waals surface area contributed by atoms with Crippen LogP contribution < -0.4 is 5.32 Å². The van der Waals surface area contributed by atoms with Gasteiger partial charge in [-0.25, -0.2) is 0 Å². The van der Waals surface area contributed by atoms with Crippen molar-refractivity contribution in [2.45, 2.75) is 12.7 Å². The second-order valence-electron chi connectivity index (χ2n) is 4.96. The molecule has 1 N–H and O–H groups in total. The highest BCUT2D eigenvalue weighted by Crippen LogP contribution is 2.29. The Morgan fingerprint density at radius 3 is 2.41 bits per heavy atom. The zero-order valence-corrected chi connectivity index (χ0v) is 11.6. The Balaban J connectivity index is 1.71. The van der Waals surface area contributed by atoms with Crippen molar-refractivity contribution in [3.63, 3.8) is 0 Å². The lowest BCUT2D eigenvalue weighted by atomic mass is 10.1. The average molecular weight is 302 g/mol. The first-order valence-corrected chi connectivity index (χ1v) is 6.77. The molecule has 3 aromatic rings. The van der Waals surface area contributed by atoms with E-state index in [1.54, 1.807) is 6.20 Å². The third-order valence-corrected chi connectivity index (χ3v) is 3.37. The number of aromatic nitrogens is 1. The fourth-order valence-electron chi connectivity index (χ4n) is 2.18. The van der Waals surface area contributed by atoms with E-state index in [0.717, 1.165) is 34.3 Å². The number of halogens is 3. The van der Waals surface area contributed by atoms with Crippen molar-refractivity contribution in [1.82, 2.24) is 4.98 Å². The second-order valence-corrected chi connectivity index (χ2v) is 4.96. The Morgan fingerprint density at radius 2 is 1.68 bits per heavy atom. The number of hydrogen-bond acceptors (Lipinski definition) is 2. The molecule has 0 bridgehead atoms. The largest absolute Gasteiger partial charge is 0.416 e. The highest BCUT2D eigenvalue weighted by atomic mass is 19.4. The maximum absolute atomic E-state index is 12.5. The molecule has 1 heterocycles. The maximum Gasteiger partial charge on any atom is 0.416 e. The van der Waals surface area contributed by atoms with E-state index in [9.17, 15) is 13.2 Å². The number of nitrogens with zero attached hydrogens (tertiary/aromatic N) is 1. The summed E-state index contributed by atoms with van der Waals surface area (Å²) >= 11 is 0. The molecule has 112 valence electrons. The van der Waals surface area contributed by atoms with Crippen molar-refractivity contribution < 1.29 is 13.2 Å². The number of rotatable bonds is 3.